The molecular formula is C17H17NO. The minimum atomic E-state index is -0.108. The molecule has 1 amide bonds. The topological polar surface area (TPSA) is 29.1 Å². The largest absolute Gasteiger partial charge is 0.355 e. The highest BCUT2D eigenvalue weighted by Gasteiger charge is 2.09. The van der Waals surface area contributed by atoms with E-state index in [2.05, 4.69) is 30.1 Å². The minimum Gasteiger partial charge on any atom is -0.355 e. The van der Waals surface area contributed by atoms with Crippen molar-refractivity contribution >= 4 is 5.91 Å². The van der Waals surface area contributed by atoms with Crippen LogP contribution in [-0.4, -0.2) is 13.0 Å². The zero-order valence-corrected chi connectivity index (χ0v) is 11.0. The summed E-state index contributed by atoms with van der Waals surface area (Å²) in [6, 6.07) is 18.3. The van der Waals surface area contributed by atoms with Crippen LogP contribution in [0.15, 0.2) is 66.7 Å². The first-order chi connectivity index (χ1) is 9.22. The van der Waals surface area contributed by atoms with Crippen LogP contribution < -0.4 is 5.32 Å². The molecule has 2 rings (SSSR count). The molecule has 0 bridgehead atoms. The van der Waals surface area contributed by atoms with Crippen LogP contribution in [-0.2, 0) is 11.2 Å². The zero-order valence-electron chi connectivity index (χ0n) is 11.0. The highest BCUT2D eigenvalue weighted by atomic mass is 16.1. The molecule has 1 N–H and O–H groups in total. The summed E-state index contributed by atoms with van der Waals surface area (Å²) in [4.78, 5) is 11.6. The molecular weight excluding hydrogens is 234 g/mol. The average Bonchev–Trinajstić information content (AvgIpc) is 2.47. The molecule has 0 fully saturated rings. The second kappa shape index (κ2) is 6.01. The fourth-order valence-corrected chi connectivity index (χ4v) is 2.06. The lowest BCUT2D eigenvalue weighted by Crippen LogP contribution is -2.20. The Hall–Kier alpha value is -2.35. The second-order valence-electron chi connectivity index (χ2n) is 4.38. The van der Waals surface area contributed by atoms with Crippen molar-refractivity contribution in [2.75, 3.05) is 7.05 Å². The zero-order chi connectivity index (χ0) is 13.7. The van der Waals surface area contributed by atoms with Gasteiger partial charge in [0.1, 0.15) is 0 Å². The molecule has 0 unspecified atom stereocenters. The van der Waals surface area contributed by atoms with E-state index < -0.39 is 0 Å². The lowest BCUT2D eigenvalue weighted by molar-refractivity contribution is -0.117. The monoisotopic (exact) mass is 251 g/mol. The fourth-order valence-electron chi connectivity index (χ4n) is 2.06. The van der Waals surface area contributed by atoms with Crippen molar-refractivity contribution in [3.05, 3.63) is 72.3 Å². The van der Waals surface area contributed by atoms with E-state index in [1.807, 2.05) is 36.4 Å². The van der Waals surface area contributed by atoms with Gasteiger partial charge >= 0.3 is 0 Å². The standard InChI is InChI=1S/C17H17NO/c1-13(17(19)18-2)12-15-10-6-7-11-16(15)14-8-4-3-5-9-14/h3-11H,1,12H2,2H3,(H,18,19). The van der Waals surface area contributed by atoms with Gasteiger partial charge in [0, 0.05) is 19.0 Å². The average molecular weight is 251 g/mol. The molecule has 2 heteroatoms. The van der Waals surface area contributed by atoms with Crippen molar-refractivity contribution in [1.82, 2.24) is 5.32 Å². The normalized spacial score (nSPS) is 9.95. The molecule has 0 atom stereocenters. The third-order valence-electron chi connectivity index (χ3n) is 3.05. The summed E-state index contributed by atoms with van der Waals surface area (Å²) in [6.45, 7) is 3.84. The Morgan fingerprint density at radius 3 is 2.37 bits per heavy atom. The van der Waals surface area contributed by atoms with E-state index in [9.17, 15) is 4.79 Å². The first-order valence-electron chi connectivity index (χ1n) is 6.25. The first kappa shape index (κ1) is 13.1. The number of hydrogen-bond donors (Lipinski definition) is 1. The van der Waals surface area contributed by atoms with Gasteiger partial charge in [0.2, 0.25) is 5.91 Å². The van der Waals surface area contributed by atoms with Crippen LogP contribution in [0.5, 0.6) is 0 Å². The number of likely N-dealkylation sites (N-methyl/N-ethyl adjacent to an activating group) is 1. The third-order valence-corrected chi connectivity index (χ3v) is 3.05. The number of amides is 1. The lowest BCUT2D eigenvalue weighted by atomic mass is 9.95. The Kier molecular flexibility index (Phi) is 4.14. The van der Waals surface area contributed by atoms with Crippen molar-refractivity contribution in [3.63, 3.8) is 0 Å². The number of nitrogens with one attached hydrogen (secondary N) is 1. The molecule has 0 spiro atoms. The van der Waals surface area contributed by atoms with Crippen LogP contribution in [0.3, 0.4) is 0 Å². The molecule has 0 aromatic heterocycles. The Bertz CT molecular complexity index is 587. The Balaban J connectivity index is 2.32. The predicted molar refractivity (Wildman–Crippen MR) is 78.8 cm³/mol. The molecule has 2 nitrogen and oxygen atoms in total. The molecule has 0 saturated heterocycles. The Morgan fingerprint density at radius 2 is 1.68 bits per heavy atom. The van der Waals surface area contributed by atoms with Crippen LogP contribution in [0.1, 0.15) is 5.56 Å². The van der Waals surface area contributed by atoms with Gasteiger partial charge in [0.15, 0.2) is 0 Å². The molecule has 2 aromatic rings. The van der Waals surface area contributed by atoms with Gasteiger partial charge in [0.05, 0.1) is 0 Å². The number of benzene rings is 2. The van der Waals surface area contributed by atoms with Gasteiger partial charge in [-0.2, -0.15) is 0 Å². The van der Waals surface area contributed by atoms with Crippen molar-refractivity contribution in [1.29, 1.82) is 0 Å². The van der Waals surface area contributed by atoms with Crippen molar-refractivity contribution in [2.45, 2.75) is 6.42 Å². The van der Waals surface area contributed by atoms with E-state index in [1.165, 1.54) is 0 Å². The van der Waals surface area contributed by atoms with E-state index in [-0.39, 0.29) is 5.91 Å². The smallest absolute Gasteiger partial charge is 0.246 e. The molecule has 0 radical (unpaired) electrons. The Labute approximate surface area is 113 Å². The summed E-state index contributed by atoms with van der Waals surface area (Å²) < 4.78 is 0. The SMILES string of the molecule is C=C(Cc1ccccc1-c1ccccc1)C(=O)NC. The molecule has 0 aliphatic heterocycles. The van der Waals surface area contributed by atoms with E-state index in [0.29, 0.717) is 12.0 Å². The van der Waals surface area contributed by atoms with E-state index in [1.54, 1.807) is 7.05 Å². The van der Waals surface area contributed by atoms with E-state index in [4.69, 9.17) is 0 Å². The maximum Gasteiger partial charge on any atom is 0.246 e. The lowest BCUT2D eigenvalue weighted by Gasteiger charge is -2.10. The highest BCUT2D eigenvalue weighted by Crippen LogP contribution is 2.25. The van der Waals surface area contributed by atoms with Gasteiger partial charge in [-0.05, 0) is 16.7 Å². The van der Waals surface area contributed by atoms with Gasteiger partial charge in [-0.3, -0.25) is 4.79 Å². The summed E-state index contributed by atoms with van der Waals surface area (Å²) in [5.74, 6) is -0.108. The Morgan fingerprint density at radius 1 is 1.05 bits per heavy atom. The van der Waals surface area contributed by atoms with Crippen LogP contribution in [0.25, 0.3) is 11.1 Å². The molecule has 0 saturated carbocycles. The summed E-state index contributed by atoms with van der Waals surface area (Å²) in [6.07, 6.45) is 0.560. The molecule has 96 valence electrons. The molecule has 0 heterocycles. The number of carbonyl (C=O) groups excluding carboxylic acids is 1. The van der Waals surface area contributed by atoms with E-state index in [0.717, 1.165) is 16.7 Å². The first-order valence-corrected chi connectivity index (χ1v) is 6.25. The molecule has 0 aliphatic carbocycles. The quantitative estimate of drug-likeness (QED) is 0.831. The molecule has 0 aliphatic rings. The maximum absolute atomic E-state index is 11.6. The fraction of sp³-hybridized carbons (Fsp3) is 0.118. The van der Waals surface area contributed by atoms with Crippen molar-refractivity contribution < 1.29 is 4.79 Å². The van der Waals surface area contributed by atoms with Gasteiger partial charge < -0.3 is 5.32 Å². The summed E-state index contributed by atoms with van der Waals surface area (Å²) in [5, 5.41) is 2.61. The molecule has 2 aromatic carbocycles. The van der Waals surface area contributed by atoms with Gasteiger partial charge in [-0.15, -0.1) is 0 Å². The molecule has 19 heavy (non-hydrogen) atoms. The van der Waals surface area contributed by atoms with Crippen LogP contribution >= 0.6 is 0 Å². The van der Waals surface area contributed by atoms with Crippen molar-refractivity contribution in [2.24, 2.45) is 0 Å². The third kappa shape index (κ3) is 3.10. The number of rotatable bonds is 4. The van der Waals surface area contributed by atoms with Gasteiger partial charge in [-0.25, -0.2) is 0 Å². The van der Waals surface area contributed by atoms with Gasteiger partial charge in [-0.1, -0.05) is 61.2 Å². The predicted octanol–water partition coefficient (Wildman–Crippen LogP) is 3.20. The van der Waals surface area contributed by atoms with Crippen LogP contribution in [0.2, 0.25) is 0 Å². The summed E-state index contributed by atoms with van der Waals surface area (Å²) in [5.41, 5.74) is 3.99. The van der Waals surface area contributed by atoms with Crippen LogP contribution in [0.4, 0.5) is 0 Å². The number of hydrogen-bond acceptors (Lipinski definition) is 1. The highest BCUT2D eigenvalue weighted by molar-refractivity contribution is 5.93. The minimum absolute atomic E-state index is 0.108. The summed E-state index contributed by atoms with van der Waals surface area (Å²) in [7, 11) is 1.62. The number of carbonyl (C=O) groups is 1. The van der Waals surface area contributed by atoms with Crippen LogP contribution in [0, 0.1) is 0 Å². The maximum atomic E-state index is 11.6. The van der Waals surface area contributed by atoms with Crippen molar-refractivity contribution in [3.8, 4) is 11.1 Å². The second-order valence-corrected chi connectivity index (χ2v) is 4.38. The van der Waals surface area contributed by atoms with Gasteiger partial charge in [0.25, 0.3) is 0 Å². The summed E-state index contributed by atoms with van der Waals surface area (Å²) >= 11 is 0. The van der Waals surface area contributed by atoms with E-state index >= 15 is 0 Å².